The van der Waals surface area contributed by atoms with Gasteiger partial charge in [0.2, 0.25) is 0 Å². The standard InChI is InChI=1S/C14H19NO3/c15-13(14(16)17)5-2-8-18-12-7-6-10-3-1-4-11(10)9-12/h6-7,9,13H,1-5,8,15H2,(H,16,17). The van der Waals surface area contributed by atoms with Crippen LogP contribution in [-0.4, -0.2) is 23.7 Å². The van der Waals surface area contributed by atoms with Crippen LogP contribution >= 0.6 is 0 Å². The van der Waals surface area contributed by atoms with Gasteiger partial charge in [-0.25, -0.2) is 0 Å². The highest BCUT2D eigenvalue weighted by molar-refractivity contribution is 5.72. The van der Waals surface area contributed by atoms with Gasteiger partial charge >= 0.3 is 5.97 Å². The van der Waals surface area contributed by atoms with E-state index in [1.807, 2.05) is 6.07 Å². The van der Waals surface area contributed by atoms with Crippen LogP contribution in [0.15, 0.2) is 18.2 Å². The average molecular weight is 249 g/mol. The number of carboxylic acid groups (broad SMARTS) is 1. The van der Waals surface area contributed by atoms with E-state index in [2.05, 4.69) is 12.1 Å². The van der Waals surface area contributed by atoms with E-state index in [9.17, 15) is 4.79 Å². The Morgan fingerprint density at radius 3 is 2.94 bits per heavy atom. The van der Waals surface area contributed by atoms with E-state index < -0.39 is 12.0 Å². The number of rotatable bonds is 6. The number of hydrogen-bond donors (Lipinski definition) is 2. The lowest BCUT2D eigenvalue weighted by atomic mass is 10.1. The third-order valence-corrected chi connectivity index (χ3v) is 3.32. The van der Waals surface area contributed by atoms with Crippen molar-refractivity contribution < 1.29 is 14.6 Å². The summed E-state index contributed by atoms with van der Waals surface area (Å²) >= 11 is 0. The monoisotopic (exact) mass is 249 g/mol. The van der Waals surface area contributed by atoms with Crippen LogP contribution in [0.4, 0.5) is 0 Å². The zero-order valence-electron chi connectivity index (χ0n) is 10.4. The fraction of sp³-hybridized carbons (Fsp3) is 0.500. The molecule has 1 atom stereocenters. The number of aryl methyl sites for hydroxylation is 2. The molecule has 0 fully saturated rings. The molecule has 18 heavy (non-hydrogen) atoms. The van der Waals surface area contributed by atoms with Crippen molar-refractivity contribution in [2.45, 2.75) is 38.1 Å². The number of aliphatic carboxylic acids is 1. The van der Waals surface area contributed by atoms with Crippen LogP contribution in [0.25, 0.3) is 0 Å². The van der Waals surface area contributed by atoms with Crippen LogP contribution in [0.3, 0.4) is 0 Å². The maximum absolute atomic E-state index is 10.5. The molecule has 1 unspecified atom stereocenters. The van der Waals surface area contributed by atoms with Gasteiger partial charge in [-0.2, -0.15) is 0 Å². The highest BCUT2D eigenvalue weighted by atomic mass is 16.5. The van der Waals surface area contributed by atoms with E-state index in [0.29, 0.717) is 19.4 Å². The third-order valence-electron chi connectivity index (χ3n) is 3.32. The van der Waals surface area contributed by atoms with Gasteiger partial charge in [0.25, 0.3) is 0 Å². The second-order valence-electron chi connectivity index (χ2n) is 4.72. The molecule has 1 aromatic rings. The summed E-state index contributed by atoms with van der Waals surface area (Å²) in [6, 6.07) is 5.43. The van der Waals surface area contributed by atoms with Gasteiger partial charge in [0.1, 0.15) is 11.8 Å². The van der Waals surface area contributed by atoms with Gasteiger partial charge in [-0.3, -0.25) is 4.79 Å². The molecule has 1 aliphatic carbocycles. The lowest BCUT2D eigenvalue weighted by molar-refractivity contribution is -0.138. The van der Waals surface area contributed by atoms with Crippen molar-refractivity contribution in [2.24, 2.45) is 5.73 Å². The Bertz CT molecular complexity index is 431. The molecule has 1 aliphatic rings. The first-order chi connectivity index (χ1) is 8.66. The number of ether oxygens (including phenoxy) is 1. The first-order valence-corrected chi connectivity index (χ1v) is 6.40. The molecule has 3 N–H and O–H groups in total. The lowest BCUT2D eigenvalue weighted by Gasteiger charge is -2.09. The molecule has 4 nitrogen and oxygen atoms in total. The largest absolute Gasteiger partial charge is 0.494 e. The smallest absolute Gasteiger partial charge is 0.320 e. The maximum atomic E-state index is 10.5. The second-order valence-corrected chi connectivity index (χ2v) is 4.72. The highest BCUT2D eigenvalue weighted by Crippen LogP contribution is 2.26. The molecule has 1 aromatic carbocycles. The van der Waals surface area contributed by atoms with Gasteiger partial charge in [-0.1, -0.05) is 6.07 Å². The molecule has 4 heteroatoms. The first kappa shape index (κ1) is 12.9. The molecule has 0 aromatic heterocycles. The molecule has 0 bridgehead atoms. The Balaban J connectivity index is 1.75. The zero-order chi connectivity index (χ0) is 13.0. The van der Waals surface area contributed by atoms with Crippen molar-refractivity contribution >= 4 is 5.97 Å². The number of carboxylic acids is 1. The number of carbonyl (C=O) groups is 1. The van der Waals surface area contributed by atoms with Crippen molar-refractivity contribution in [1.29, 1.82) is 0 Å². The predicted octanol–water partition coefficient (Wildman–Crippen LogP) is 1.75. The van der Waals surface area contributed by atoms with E-state index in [0.717, 1.165) is 12.2 Å². The van der Waals surface area contributed by atoms with Gasteiger partial charge in [-0.15, -0.1) is 0 Å². The summed E-state index contributed by atoms with van der Waals surface area (Å²) in [6.45, 7) is 0.514. The molecule has 0 aliphatic heterocycles. The Kier molecular flexibility index (Phi) is 4.20. The summed E-state index contributed by atoms with van der Waals surface area (Å²) in [4.78, 5) is 10.5. The number of fused-ring (bicyclic) bond motifs is 1. The summed E-state index contributed by atoms with van der Waals surface area (Å²) < 4.78 is 5.61. The van der Waals surface area contributed by atoms with Gasteiger partial charge < -0.3 is 15.6 Å². The van der Waals surface area contributed by atoms with Gasteiger partial charge in [0, 0.05) is 0 Å². The van der Waals surface area contributed by atoms with Crippen LogP contribution < -0.4 is 10.5 Å². The summed E-state index contributed by atoms with van der Waals surface area (Å²) in [5.74, 6) is -0.0768. The summed E-state index contributed by atoms with van der Waals surface area (Å²) in [7, 11) is 0. The van der Waals surface area contributed by atoms with Crippen LogP contribution in [0, 0.1) is 0 Å². The van der Waals surface area contributed by atoms with E-state index in [1.165, 1.54) is 24.0 Å². The van der Waals surface area contributed by atoms with Gasteiger partial charge in [0.05, 0.1) is 6.61 Å². The van der Waals surface area contributed by atoms with Gasteiger partial charge in [0.15, 0.2) is 0 Å². The molecular formula is C14H19NO3. The Hall–Kier alpha value is -1.55. The molecule has 0 spiro atoms. The molecule has 0 amide bonds. The SMILES string of the molecule is NC(CCCOc1ccc2c(c1)CCC2)C(=O)O. The molecule has 2 rings (SSSR count). The quantitative estimate of drug-likeness (QED) is 0.753. The summed E-state index contributed by atoms with van der Waals surface area (Å²) in [5, 5.41) is 8.64. The lowest BCUT2D eigenvalue weighted by Crippen LogP contribution is -2.30. The molecular weight excluding hydrogens is 230 g/mol. The average Bonchev–Trinajstić information content (AvgIpc) is 2.81. The van der Waals surface area contributed by atoms with Crippen LogP contribution in [-0.2, 0) is 17.6 Å². The number of benzene rings is 1. The van der Waals surface area contributed by atoms with Crippen molar-refractivity contribution in [2.75, 3.05) is 6.61 Å². The fourth-order valence-electron chi connectivity index (χ4n) is 2.25. The highest BCUT2D eigenvalue weighted by Gasteiger charge is 2.12. The van der Waals surface area contributed by atoms with E-state index >= 15 is 0 Å². The van der Waals surface area contributed by atoms with Crippen LogP contribution in [0.5, 0.6) is 5.75 Å². The van der Waals surface area contributed by atoms with Crippen molar-refractivity contribution in [3.63, 3.8) is 0 Å². The molecule has 0 saturated carbocycles. The third kappa shape index (κ3) is 3.23. The Labute approximate surface area is 107 Å². The number of nitrogens with two attached hydrogens (primary N) is 1. The molecule has 98 valence electrons. The Morgan fingerprint density at radius 1 is 1.39 bits per heavy atom. The van der Waals surface area contributed by atoms with Gasteiger partial charge in [-0.05, 0) is 55.4 Å². The molecule has 0 saturated heterocycles. The minimum Gasteiger partial charge on any atom is -0.494 e. The first-order valence-electron chi connectivity index (χ1n) is 6.40. The minimum atomic E-state index is -0.951. The van der Waals surface area contributed by atoms with Crippen molar-refractivity contribution in [1.82, 2.24) is 0 Å². The van der Waals surface area contributed by atoms with Crippen molar-refractivity contribution in [3.05, 3.63) is 29.3 Å². The minimum absolute atomic E-state index is 0.445. The summed E-state index contributed by atoms with van der Waals surface area (Å²) in [6.07, 6.45) is 4.64. The molecule has 0 heterocycles. The predicted molar refractivity (Wildman–Crippen MR) is 68.8 cm³/mol. The fourth-order valence-corrected chi connectivity index (χ4v) is 2.25. The van der Waals surface area contributed by atoms with E-state index in [1.54, 1.807) is 0 Å². The summed E-state index contributed by atoms with van der Waals surface area (Å²) in [5.41, 5.74) is 8.22. The zero-order valence-corrected chi connectivity index (χ0v) is 10.4. The molecule has 0 radical (unpaired) electrons. The van der Waals surface area contributed by atoms with E-state index in [-0.39, 0.29) is 0 Å². The number of hydrogen-bond acceptors (Lipinski definition) is 3. The van der Waals surface area contributed by atoms with E-state index in [4.69, 9.17) is 15.6 Å². The maximum Gasteiger partial charge on any atom is 0.320 e. The topological polar surface area (TPSA) is 72.5 Å². The van der Waals surface area contributed by atoms with Crippen molar-refractivity contribution in [3.8, 4) is 5.75 Å². The second kappa shape index (κ2) is 5.87. The van der Waals surface area contributed by atoms with Crippen LogP contribution in [0.2, 0.25) is 0 Å². The Morgan fingerprint density at radius 2 is 2.17 bits per heavy atom. The van der Waals surface area contributed by atoms with Crippen LogP contribution in [0.1, 0.15) is 30.4 Å². The normalized spacial score (nSPS) is 15.2.